The molecule has 0 radical (unpaired) electrons. The summed E-state index contributed by atoms with van der Waals surface area (Å²) in [5.41, 5.74) is 0.572. The highest BCUT2D eigenvalue weighted by Gasteiger charge is 2.15. The van der Waals surface area contributed by atoms with E-state index in [2.05, 4.69) is 0 Å². The minimum atomic E-state index is -1.22. The average Bonchev–Trinajstić information content (AvgIpc) is 2.70. The summed E-state index contributed by atoms with van der Waals surface area (Å²) in [4.78, 5) is 23.5. The van der Waals surface area contributed by atoms with E-state index in [4.69, 9.17) is 14.2 Å². The van der Waals surface area contributed by atoms with E-state index >= 15 is 0 Å². The van der Waals surface area contributed by atoms with Gasteiger partial charge in [-0.2, -0.15) is 0 Å². The van der Waals surface area contributed by atoms with Crippen molar-refractivity contribution in [1.82, 2.24) is 0 Å². The van der Waals surface area contributed by atoms with Crippen LogP contribution in [0.15, 0.2) is 48.5 Å². The molecular weight excluding hydrogens is 368 g/mol. The van der Waals surface area contributed by atoms with Crippen molar-refractivity contribution in [2.75, 3.05) is 20.3 Å². The number of ether oxygens (including phenoxy) is 3. The van der Waals surface area contributed by atoms with Gasteiger partial charge in [-0.3, -0.25) is 0 Å². The van der Waals surface area contributed by atoms with Crippen LogP contribution in [0.5, 0.6) is 17.2 Å². The minimum absolute atomic E-state index is 0.0243. The van der Waals surface area contributed by atoms with Gasteiger partial charge in [0.1, 0.15) is 30.6 Å². The predicted octanol–water partition coefficient (Wildman–Crippen LogP) is 1.88. The maximum atomic E-state index is 11.8. The van der Waals surface area contributed by atoms with Crippen LogP contribution in [0, 0.1) is 0 Å². The number of para-hydroxylation sites is 1. The molecule has 3 N–H and O–H groups in total. The summed E-state index contributed by atoms with van der Waals surface area (Å²) in [6, 6.07) is 10.4. The Labute approximate surface area is 161 Å². The summed E-state index contributed by atoms with van der Waals surface area (Å²) in [6.45, 7) is -0.782. The Balaban J connectivity index is 1.77. The van der Waals surface area contributed by atoms with Crippen molar-refractivity contribution in [1.29, 1.82) is 0 Å². The number of hydrogen-bond donors (Lipinski definition) is 3. The SMILES string of the molecule is COc1cc(/C=C/C(=O)OCC(O)COC(=O)c2ccccc2O)ccc1O. The minimum Gasteiger partial charge on any atom is -0.507 e. The van der Waals surface area contributed by atoms with E-state index < -0.39 is 24.6 Å². The quantitative estimate of drug-likeness (QED) is 0.463. The highest BCUT2D eigenvalue weighted by molar-refractivity contribution is 5.92. The molecule has 0 amide bonds. The second-order valence-corrected chi connectivity index (χ2v) is 5.66. The third-order valence-corrected chi connectivity index (χ3v) is 3.56. The number of aliphatic hydroxyl groups excluding tert-OH is 1. The molecule has 0 aliphatic heterocycles. The second kappa shape index (κ2) is 9.98. The number of benzene rings is 2. The van der Waals surface area contributed by atoms with Gasteiger partial charge in [0.15, 0.2) is 11.5 Å². The molecule has 0 aliphatic carbocycles. The summed E-state index contributed by atoms with van der Waals surface area (Å²) in [5.74, 6) is -1.51. The van der Waals surface area contributed by atoms with Gasteiger partial charge < -0.3 is 29.5 Å². The van der Waals surface area contributed by atoms with Crippen molar-refractivity contribution in [3.63, 3.8) is 0 Å². The highest BCUT2D eigenvalue weighted by Crippen LogP contribution is 2.26. The first-order chi connectivity index (χ1) is 13.4. The first-order valence-corrected chi connectivity index (χ1v) is 8.25. The lowest BCUT2D eigenvalue weighted by Crippen LogP contribution is -2.25. The molecule has 2 aromatic carbocycles. The van der Waals surface area contributed by atoms with E-state index in [0.29, 0.717) is 5.56 Å². The van der Waals surface area contributed by atoms with Crippen LogP contribution in [0.3, 0.4) is 0 Å². The number of hydrogen-bond acceptors (Lipinski definition) is 8. The van der Waals surface area contributed by atoms with E-state index in [1.807, 2.05) is 0 Å². The Bertz CT molecular complexity index is 859. The summed E-state index contributed by atoms with van der Waals surface area (Å²) in [7, 11) is 1.41. The number of methoxy groups -OCH3 is 1. The molecule has 1 unspecified atom stereocenters. The Morgan fingerprint density at radius 3 is 2.46 bits per heavy atom. The van der Waals surface area contributed by atoms with Gasteiger partial charge in [0.25, 0.3) is 0 Å². The fourth-order valence-corrected chi connectivity index (χ4v) is 2.13. The topological polar surface area (TPSA) is 123 Å². The van der Waals surface area contributed by atoms with Crippen LogP contribution in [0.1, 0.15) is 15.9 Å². The van der Waals surface area contributed by atoms with Crippen LogP contribution in [0.25, 0.3) is 6.08 Å². The smallest absolute Gasteiger partial charge is 0.342 e. The molecule has 0 aromatic heterocycles. The summed E-state index contributed by atoms with van der Waals surface area (Å²) in [5, 5.41) is 28.8. The lowest BCUT2D eigenvalue weighted by molar-refractivity contribution is -0.141. The van der Waals surface area contributed by atoms with E-state index in [9.17, 15) is 24.9 Å². The van der Waals surface area contributed by atoms with Crippen LogP contribution in [0.4, 0.5) is 0 Å². The summed E-state index contributed by atoms with van der Waals surface area (Å²) < 4.78 is 14.7. The van der Waals surface area contributed by atoms with Crippen molar-refractivity contribution in [3.05, 3.63) is 59.7 Å². The van der Waals surface area contributed by atoms with Gasteiger partial charge >= 0.3 is 11.9 Å². The normalized spacial score (nSPS) is 11.8. The molecule has 2 rings (SSSR count). The number of aliphatic hydroxyl groups is 1. The fourth-order valence-electron chi connectivity index (χ4n) is 2.13. The highest BCUT2D eigenvalue weighted by atomic mass is 16.6. The van der Waals surface area contributed by atoms with Gasteiger partial charge in [0.2, 0.25) is 0 Å². The van der Waals surface area contributed by atoms with E-state index in [1.54, 1.807) is 18.2 Å². The van der Waals surface area contributed by atoms with Crippen LogP contribution in [-0.4, -0.2) is 53.7 Å². The Hall–Kier alpha value is -3.52. The largest absolute Gasteiger partial charge is 0.507 e. The summed E-state index contributed by atoms with van der Waals surface area (Å²) >= 11 is 0. The number of aromatic hydroxyl groups is 2. The number of carbonyl (C=O) groups excluding carboxylic acids is 2. The lowest BCUT2D eigenvalue weighted by atomic mass is 10.2. The van der Waals surface area contributed by atoms with Gasteiger partial charge in [-0.25, -0.2) is 9.59 Å². The van der Waals surface area contributed by atoms with Gasteiger partial charge in [0.05, 0.1) is 7.11 Å². The molecule has 0 saturated heterocycles. The zero-order valence-electron chi connectivity index (χ0n) is 15.1. The molecule has 0 aliphatic rings. The van der Waals surface area contributed by atoms with Gasteiger partial charge in [-0.15, -0.1) is 0 Å². The van der Waals surface area contributed by atoms with Crippen LogP contribution < -0.4 is 4.74 Å². The van der Waals surface area contributed by atoms with E-state index in [1.165, 1.54) is 37.5 Å². The van der Waals surface area contributed by atoms with Crippen LogP contribution in [-0.2, 0) is 14.3 Å². The number of carbonyl (C=O) groups is 2. The van der Waals surface area contributed by atoms with Crippen molar-refractivity contribution >= 4 is 18.0 Å². The molecule has 2 aromatic rings. The zero-order valence-corrected chi connectivity index (χ0v) is 15.1. The lowest BCUT2D eigenvalue weighted by Gasteiger charge is -2.11. The predicted molar refractivity (Wildman–Crippen MR) is 99.0 cm³/mol. The van der Waals surface area contributed by atoms with E-state index in [-0.39, 0.29) is 29.4 Å². The Kier molecular flexibility index (Phi) is 7.41. The first-order valence-electron chi connectivity index (χ1n) is 8.25. The average molecular weight is 388 g/mol. The molecule has 0 heterocycles. The van der Waals surface area contributed by atoms with Gasteiger partial charge in [0, 0.05) is 6.08 Å². The monoisotopic (exact) mass is 388 g/mol. The molecule has 148 valence electrons. The fraction of sp³-hybridized carbons (Fsp3) is 0.200. The Morgan fingerprint density at radius 1 is 1.04 bits per heavy atom. The van der Waals surface area contributed by atoms with Crippen molar-refractivity contribution in [2.24, 2.45) is 0 Å². The molecule has 8 nitrogen and oxygen atoms in total. The first kappa shape index (κ1) is 20.8. The molecule has 1 atom stereocenters. The van der Waals surface area contributed by atoms with Crippen LogP contribution >= 0.6 is 0 Å². The molecule has 0 saturated carbocycles. The zero-order chi connectivity index (χ0) is 20.5. The molecular formula is C20H20O8. The van der Waals surface area contributed by atoms with Crippen molar-refractivity contribution < 1.29 is 39.1 Å². The van der Waals surface area contributed by atoms with Gasteiger partial charge in [-0.05, 0) is 35.9 Å². The van der Waals surface area contributed by atoms with E-state index in [0.717, 1.165) is 6.08 Å². The molecule has 0 fully saturated rings. The number of phenolic OH excluding ortho intramolecular Hbond substituents is 2. The molecule has 28 heavy (non-hydrogen) atoms. The number of rotatable bonds is 8. The number of phenols is 2. The third-order valence-electron chi connectivity index (χ3n) is 3.56. The molecule has 8 heteroatoms. The number of esters is 2. The van der Waals surface area contributed by atoms with Gasteiger partial charge in [-0.1, -0.05) is 18.2 Å². The molecule has 0 spiro atoms. The molecule has 0 bridgehead atoms. The van der Waals surface area contributed by atoms with Crippen molar-refractivity contribution in [2.45, 2.75) is 6.10 Å². The summed E-state index contributed by atoms with van der Waals surface area (Å²) in [6.07, 6.45) is 1.38. The second-order valence-electron chi connectivity index (χ2n) is 5.66. The Morgan fingerprint density at radius 2 is 1.75 bits per heavy atom. The maximum Gasteiger partial charge on any atom is 0.342 e. The third kappa shape index (κ3) is 6.03. The van der Waals surface area contributed by atoms with Crippen molar-refractivity contribution in [3.8, 4) is 17.2 Å². The maximum absolute atomic E-state index is 11.8. The van der Waals surface area contributed by atoms with Crippen LogP contribution in [0.2, 0.25) is 0 Å². The standard InChI is InChI=1S/C20H20O8/c1-26-18-10-13(6-8-17(18)23)7-9-19(24)27-11-14(21)12-28-20(25)15-4-2-3-5-16(15)22/h2-10,14,21-23H,11-12H2,1H3/b9-7+.